The molecule has 0 saturated heterocycles. The zero-order chi connectivity index (χ0) is 18.6. The van der Waals surface area contributed by atoms with Gasteiger partial charge in [0.15, 0.2) is 0 Å². The normalized spacial score (nSPS) is 14.3. The highest BCUT2D eigenvalue weighted by molar-refractivity contribution is 6.35. The number of nitrogens with zero attached hydrogens (tertiary/aromatic N) is 2. The van der Waals surface area contributed by atoms with Crippen LogP contribution in [-0.2, 0) is 0 Å². The first kappa shape index (κ1) is 18.1. The van der Waals surface area contributed by atoms with Gasteiger partial charge in [0.25, 0.3) is 0 Å². The van der Waals surface area contributed by atoms with Gasteiger partial charge in [-0.25, -0.2) is 4.98 Å². The third-order valence-electron chi connectivity index (χ3n) is 4.68. The standard InChI is InChI=1S/C21H20Cl2N4/c22-15-10-11-17(23)19(12-15)25-20-13-18(14-6-2-1-3-7-14)26-21(27-20)24-16-8-4-5-9-16/h1-3,6-7,10-13,16H,4-5,8-9H2,(H2,24,25,26,27). The summed E-state index contributed by atoms with van der Waals surface area (Å²) in [5.41, 5.74) is 2.61. The molecule has 0 atom stereocenters. The van der Waals surface area contributed by atoms with E-state index in [2.05, 4.69) is 15.6 Å². The maximum absolute atomic E-state index is 6.30. The van der Waals surface area contributed by atoms with Crippen LogP contribution in [0.3, 0.4) is 0 Å². The maximum atomic E-state index is 6.30. The van der Waals surface area contributed by atoms with Crippen LogP contribution < -0.4 is 10.6 Å². The number of aromatic nitrogens is 2. The summed E-state index contributed by atoms with van der Waals surface area (Å²) in [4.78, 5) is 9.38. The molecule has 4 rings (SSSR count). The van der Waals surface area contributed by atoms with E-state index >= 15 is 0 Å². The first-order chi connectivity index (χ1) is 13.2. The molecule has 0 spiro atoms. The first-order valence-electron chi connectivity index (χ1n) is 9.10. The van der Waals surface area contributed by atoms with Crippen molar-refractivity contribution in [1.82, 2.24) is 9.97 Å². The Bertz CT molecular complexity index is 925. The summed E-state index contributed by atoms with van der Waals surface area (Å²) in [5, 5.41) is 7.96. The van der Waals surface area contributed by atoms with Crippen molar-refractivity contribution in [3.05, 3.63) is 64.6 Å². The fraction of sp³-hybridized carbons (Fsp3) is 0.238. The number of halogens is 2. The second-order valence-electron chi connectivity index (χ2n) is 6.70. The second-order valence-corrected chi connectivity index (χ2v) is 7.55. The summed E-state index contributed by atoms with van der Waals surface area (Å²) in [6.45, 7) is 0. The highest BCUT2D eigenvalue weighted by atomic mass is 35.5. The zero-order valence-electron chi connectivity index (χ0n) is 14.8. The van der Waals surface area contributed by atoms with Gasteiger partial charge < -0.3 is 10.6 Å². The molecule has 27 heavy (non-hydrogen) atoms. The topological polar surface area (TPSA) is 49.8 Å². The van der Waals surface area contributed by atoms with Crippen molar-refractivity contribution in [2.45, 2.75) is 31.7 Å². The molecule has 0 unspecified atom stereocenters. The molecule has 0 bridgehead atoms. The number of rotatable bonds is 5. The minimum atomic E-state index is 0.429. The summed E-state index contributed by atoms with van der Waals surface area (Å²) >= 11 is 12.4. The van der Waals surface area contributed by atoms with Crippen LogP contribution >= 0.6 is 23.2 Å². The lowest BCUT2D eigenvalue weighted by Gasteiger charge is -2.15. The van der Waals surface area contributed by atoms with Crippen LogP contribution in [0.4, 0.5) is 17.5 Å². The molecule has 2 aromatic carbocycles. The van der Waals surface area contributed by atoms with Gasteiger partial charge in [-0.1, -0.05) is 66.4 Å². The van der Waals surface area contributed by atoms with Gasteiger partial charge in [-0.2, -0.15) is 4.98 Å². The molecular weight excluding hydrogens is 379 g/mol. The fourth-order valence-corrected chi connectivity index (χ4v) is 3.65. The first-order valence-corrected chi connectivity index (χ1v) is 9.86. The molecule has 138 valence electrons. The van der Waals surface area contributed by atoms with E-state index in [4.69, 9.17) is 28.2 Å². The molecule has 1 aromatic heterocycles. The van der Waals surface area contributed by atoms with Crippen LogP contribution in [0, 0.1) is 0 Å². The lowest BCUT2D eigenvalue weighted by atomic mass is 10.1. The lowest BCUT2D eigenvalue weighted by molar-refractivity contribution is 0.744. The molecular formula is C21H20Cl2N4. The minimum absolute atomic E-state index is 0.429. The Kier molecular flexibility index (Phi) is 5.46. The van der Waals surface area contributed by atoms with E-state index in [0.717, 1.165) is 24.1 Å². The van der Waals surface area contributed by atoms with Crippen LogP contribution in [0.15, 0.2) is 54.6 Å². The average Bonchev–Trinajstić information content (AvgIpc) is 3.18. The maximum Gasteiger partial charge on any atom is 0.225 e. The molecule has 0 aliphatic heterocycles. The number of hydrogen-bond acceptors (Lipinski definition) is 4. The molecule has 2 N–H and O–H groups in total. The summed E-state index contributed by atoms with van der Waals surface area (Å²) in [5.74, 6) is 1.30. The van der Waals surface area contributed by atoms with Crippen molar-refractivity contribution in [3.63, 3.8) is 0 Å². The van der Waals surface area contributed by atoms with Crippen LogP contribution in [0.2, 0.25) is 10.0 Å². The fourth-order valence-electron chi connectivity index (χ4n) is 3.32. The third-order valence-corrected chi connectivity index (χ3v) is 5.24. The summed E-state index contributed by atoms with van der Waals surface area (Å²) in [6, 6.07) is 17.7. The Morgan fingerprint density at radius 1 is 0.889 bits per heavy atom. The van der Waals surface area contributed by atoms with Crippen LogP contribution in [0.1, 0.15) is 25.7 Å². The molecule has 0 radical (unpaired) electrons. The van der Waals surface area contributed by atoms with E-state index < -0.39 is 0 Å². The number of anilines is 3. The van der Waals surface area contributed by atoms with E-state index in [9.17, 15) is 0 Å². The van der Waals surface area contributed by atoms with E-state index in [1.165, 1.54) is 12.8 Å². The molecule has 1 aliphatic carbocycles. The van der Waals surface area contributed by atoms with Gasteiger partial charge in [0.05, 0.1) is 16.4 Å². The van der Waals surface area contributed by atoms with Gasteiger partial charge >= 0.3 is 0 Å². The van der Waals surface area contributed by atoms with Crippen LogP contribution in [0.5, 0.6) is 0 Å². The Labute approximate surface area is 169 Å². The van der Waals surface area contributed by atoms with E-state index in [1.54, 1.807) is 18.2 Å². The Balaban J connectivity index is 1.69. The predicted octanol–water partition coefficient (Wildman–Crippen LogP) is 6.55. The molecule has 4 nitrogen and oxygen atoms in total. The quantitative estimate of drug-likeness (QED) is 0.511. The van der Waals surface area contributed by atoms with Crippen molar-refractivity contribution in [1.29, 1.82) is 0 Å². The number of nitrogens with one attached hydrogen (secondary N) is 2. The number of hydrogen-bond donors (Lipinski definition) is 2. The molecule has 6 heteroatoms. The Hall–Kier alpha value is -2.30. The van der Waals surface area contributed by atoms with Gasteiger partial charge in [0.2, 0.25) is 5.95 Å². The van der Waals surface area contributed by atoms with Gasteiger partial charge in [-0.3, -0.25) is 0 Å². The zero-order valence-corrected chi connectivity index (χ0v) is 16.3. The van der Waals surface area contributed by atoms with Gasteiger partial charge in [-0.05, 0) is 31.0 Å². The Morgan fingerprint density at radius 2 is 1.67 bits per heavy atom. The third kappa shape index (κ3) is 4.52. The van der Waals surface area contributed by atoms with Gasteiger partial charge in [-0.15, -0.1) is 0 Å². The van der Waals surface area contributed by atoms with Crippen molar-refractivity contribution < 1.29 is 0 Å². The summed E-state index contributed by atoms with van der Waals surface area (Å²) in [6.07, 6.45) is 4.81. The van der Waals surface area contributed by atoms with Crippen molar-refractivity contribution in [2.75, 3.05) is 10.6 Å². The van der Waals surface area contributed by atoms with Crippen LogP contribution in [-0.4, -0.2) is 16.0 Å². The molecule has 1 fully saturated rings. The average molecular weight is 399 g/mol. The van der Waals surface area contributed by atoms with Gasteiger partial charge in [0.1, 0.15) is 5.82 Å². The summed E-state index contributed by atoms with van der Waals surface area (Å²) in [7, 11) is 0. The van der Waals surface area contributed by atoms with E-state index in [0.29, 0.717) is 33.5 Å². The molecule has 3 aromatic rings. The van der Waals surface area contributed by atoms with Crippen molar-refractivity contribution in [2.24, 2.45) is 0 Å². The smallest absolute Gasteiger partial charge is 0.225 e. The van der Waals surface area contributed by atoms with E-state index in [-0.39, 0.29) is 0 Å². The second kappa shape index (κ2) is 8.15. The Morgan fingerprint density at radius 3 is 2.44 bits per heavy atom. The monoisotopic (exact) mass is 398 g/mol. The SMILES string of the molecule is Clc1ccc(Cl)c(Nc2cc(-c3ccccc3)nc(NC3CCCC3)n2)c1. The summed E-state index contributed by atoms with van der Waals surface area (Å²) < 4.78 is 0. The van der Waals surface area contributed by atoms with Crippen LogP contribution in [0.25, 0.3) is 11.3 Å². The minimum Gasteiger partial charge on any atom is -0.351 e. The highest BCUT2D eigenvalue weighted by Crippen LogP contribution is 2.30. The van der Waals surface area contributed by atoms with Crippen molar-refractivity contribution >= 4 is 40.7 Å². The lowest BCUT2D eigenvalue weighted by Crippen LogP contribution is -2.17. The molecule has 1 heterocycles. The highest BCUT2D eigenvalue weighted by Gasteiger charge is 2.17. The molecule has 1 aliphatic rings. The largest absolute Gasteiger partial charge is 0.351 e. The van der Waals surface area contributed by atoms with E-state index in [1.807, 2.05) is 36.4 Å². The molecule has 0 amide bonds. The predicted molar refractivity (Wildman–Crippen MR) is 113 cm³/mol. The van der Waals surface area contributed by atoms with Crippen molar-refractivity contribution in [3.8, 4) is 11.3 Å². The molecule has 1 saturated carbocycles. The van der Waals surface area contributed by atoms with Gasteiger partial charge in [0, 0.05) is 22.7 Å². The number of benzene rings is 2.